The number of benzene rings is 3. The van der Waals surface area contributed by atoms with E-state index in [1.54, 1.807) is 50.3 Å². The molecule has 6 nitrogen and oxygen atoms in total. The van der Waals surface area contributed by atoms with Gasteiger partial charge in [-0.25, -0.2) is 0 Å². The molecule has 6 heteroatoms. The van der Waals surface area contributed by atoms with Gasteiger partial charge >= 0.3 is 0 Å². The van der Waals surface area contributed by atoms with Gasteiger partial charge in [-0.05, 0) is 36.6 Å². The normalized spacial score (nSPS) is 17.3. The monoisotopic (exact) mass is 444 g/mol. The highest BCUT2D eigenvalue weighted by Gasteiger charge is 2.47. The maximum atomic E-state index is 13.7. The number of methoxy groups -OCH3 is 2. The first kappa shape index (κ1) is 22.4. The Morgan fingerprint density at radius 2 is 1.64 bits per heavy atom. The molecule has 0 aromatic heterocycles. The molecule has 1 atom stereocenters. The summed E-state index contributed by atoms with van der Waals surface area (Å²) in [4.78, 5) is 29.0. The van der Waals surface area contributed by atoms with Crippen LogP contribution in [0.3, 0.4) is 0 Å². The van der Waals surface area contributed by atoms with E-state index in [1.165, 1.54) is 0 Å². The summed E-state index contributed by atoms with van der Waals surface area (Å²) >= 11 is 0. The molecule has 0 aliphatic carbocycles. The molecule has 3 aromatic rings. The third-order valence-corrected chi connectivity index (χ3v) is 6.26. The highest BCUT2D eigenvalue weighted by atomic mass is 16.5. The number of carbonyl (C=O) groups is 2. The molecule has 0 spiro atoms. The van der Waals surface area contributed by atoms with Crippen molar-refractivity contribution in [1.82, 2.24) is 5.32 Å². The van der Waals surface area contributed by atoms with Crippen LogP contribution in [0.5, 0.6) is 11.5 Å². The zero-order chi connectivity index (χ0) is 23.6. The number of carbonyl (C=O) groups excluding carboxylic acids is 2. The SMILES string of the molecule is COc1cc(OC)cc(N2C(=O)c3ccccc3C[C@@]2(C)C(=O)NCc2ccccc2C)c1. The van der Waals surface area contributed by atoms with Gasteiger partial charge in [0.1, 0.15) is 17.0 Å². The summed E-state index contributed by atoms with van der Waals surface area (Å²) < 4.78 is 10.8. The standard InChI is InChI=1S/C27H28N2O4/c1-18-9-5-6-11-20(18)17-28-26(31)27(2)16-19-10-7-8-12-24(19)25(30)29(27)21-13-22(32-3)15-23(14-21)33-4/h5-15H,16-17H2,1-4H3,(H,28,31)/t27-/m0/s1. The van der Waals surface area contributed by atoms with Gasteiger partial charge in [0.15, 0.2) is 0 Å². The van der Waals surface area contributed by atoms with E-state index in [0.29, 0.717) is 35.7 Å². The quantitative estimate of drug-likeness (QED) is 0.616. The summed E-state index contributed by atoms with van der Waals surface area (Å²) in [6.45, 7) is 4.20. The second-order valence-corrected chi connectivity index (χ2v) is 8.43. The van der Waals surface area contributed by atoms with Crippen LogP contribution in [0.25, 0.3) is 0 Å². The van der Waals surface area contributed by atoms with E-state index >= 15 is 0 Å². The molecule has 1 heterocycles. The van der Waals surface area contributed by atoms with Gasteiger partial charge in [0, 0.05) is 36.7 Å². The maximum absolute atomic E-state index is 13.7. The number of rotatable bonds is 6. The molecule has 170 valence electrons. The summed E-state index contributed by atoms with van der Waals surface area (Å²) in [5.41, 5.74) is 2.96. The lowest BCUT2D eigenvalue weighted by molar-refractivity contribution is -0.126. The van der Waals surface area contributed by atoms with Crippen LogP contribution in [-0.4, -0.2) is 31.6 Å². The van der Waals surface area contributed by atoms with Gasteiger partial charge in [0.05, 0.1) is 19.9 Å². The number of ether oxygens (including phenoxy) is 2. The maximum Gasteiger partial charge on any atom is 0.259 e. The van der Waals surface area contributed by atoms with Gasteiger partial charge in [-0.15, -0.1) is 0 Å². The molecule has 1 aliphatic rings. The van der Waals surface area contributed by atoms with E-state index in [1.807, 2.05) is 49.4 Å². The molecule has 33 heavy (non-hydrogen) atoms. The number of aryl methyl sites for hydroxylation is 1. The van der Waals surface area contributed by atoms with Crippen LogP contribution in [-0.2, 0) is 17.8 Å². The molecule has 2 amide bonds. The molecule has 4 rings (SSSR count). The Balaban J connectivity index is 1.77. The molecular formula is C27H28N2O4. The van der Waals surface area contributed by atoms with Gasteiger partial charge < -0.3 is 14.8 Å². The predicted octanol–water partition coefficient (Wildman–Crippen LogP) is 4.29. The van der Waals surface area contributed by atoms with Gasteiger partial charge in [0.25, 0.3) is 5.91 Å². The third-order valence-electron chi connectivity index (χ3n) is 6.26. The molecule has 0 unspecified atom stereocenters. The molecular weight excluding hydrogens is 416 g/mol. The Morgan fingerprint density at radius 3 is 2.30 bits per heavy atom. The van der Waals surface area contributed by atoms with E-state index < -0.39 is 5.54 Å². The van der Waals surface area contributed by atoms with Gasteiger partial charge in [0.2, 0.25) is 5.91 Å². The molecule has 1 aliphatic heterocycles. The predicted molar refractivity (Wildman–Crippen MR) is 128 cm³/mol. The average Bonchev–Trinajstić information content (AvgIpc) is 2.83. The van der Waals surface area contributed by atoms with Crippen LogP contribution in [0.1, 0.15) is 34.0 Å². The topological polar surface area (TPSA) is 67.9 Å². The smallest absolute Gasteiger partial charge is 0.259 e. The van der Waals surface area contributed by atoms with E-state index in [-0.39, 0.29) is 11.8 Å². The van der Waals surface area contributed by atoms with Crippen LogP contribution >= 0.6 is 0 Å². The Hall–Kier alpha value is -3.80. The number of hydrogen-bond donors (Lipinski definition) is 1. The fourth-order valence-electron chi connectivity index (χ4n) is 4.36. The van der Waals surface area contributed by atoms with Gasteiger partial charge in [-0.2, -0.15) is 0 Å². The lowest BCUT2D eigenvalue weighted by atomic mass is 9.82. The highest BCUT2D eigenvalue weighted by molar-refractivity contribution is 6.14. The van der Waals surface area contributed by atoms with Crippen molar-refractivity contribution in [2.24, 2.45) is 0 Å². The summed E-state index contributed by atoms with van der Waals surface area (Å²) in [7, 11) is 3.11. The Labute approximate surface area is 194 Å². The summed E-state index contributed by atoms with van der Waals surface area (Å²) in [5, 5.41) is 3.06. The zero-order valence-electron chi connectivity index (χ0n) is 19.3. The fourth-order valence-corrected chi connectivity index (χ4v) is 4.36. The number of amides is 2. The average molecular weight is 445 g/mol. The summed E-state index contributed by atoms with van der Waals surface area (Å²) in [5.74, 6) is 0.619. The third kappa shape index (κ3) is 4.16. The molecule has 0 saturated heterocycles. The Bertz CT molecular complexity index is 1180. The molecule has 0 bridgehead atoms. The molecule has 1 N–H and O–H groups in total. The van der Waals surface area contributed by atoms with E-state index in [4.69, 9.17) is 9.47 Å². The number of fused-ring (bicyclic) bond motifs is 1. The van der Waals surface area contributed by atoms with Gasteiger partial charge in [-0.3, -0.25) is 14.5 Å². The fraction of sp³-hybridized carbons (Fsp3) is 0.259. The lowest BCUT2D eigenvalue weighted by Crippen LogP contribution is -2.63. The number of nitrogens with zero attached hydrogens (tertiary/aromatic N) is 1. The Kier molecular flexibility index (Phi) is 6.09. The minimum Gasteiger partial charge on any atom is -0.497 e. The second kappa shape index (κ2) is 8.98. The minimum atomic E-state index is -1.15. The first-order valence-electron chi connectivity index (χ1n) is 10.9. The van der Waals surface area contributed by atoms with Crippen molar-refractivity contribution in [2.45, 2.75) is 32.4 Å². The van der Waals surface area contributed by atoms with Crippen molar-refractivity contribution in [3.05, 3.63) is 89.0 Å². The number of nitrogens with one attached hydrogen (secondary N) is 1. The van der Waals surface area contributed by atoms with Crippen molar-refractivity contribution < 1.29 is 19.1 Å². The first-order valence-corrected chi connectivity index (χ1v) is 10.9. The van der Waals surface area contributed by atoms with Crippen LogP contribution in [0.4, 0.5) is 5.69 Å². The second-order valence-electron chi connectivity index (χ2n) is 8.43. The van der Waals surface area contributed by atoms with E-state index in [2.05, 4.69) is 5.32 Å². The molecule has 0 saturated carbocycles. The van der Waals surface area contributed by atoms with Crippen molar-refractivity contribution in [2.75, 3.05) is 19.1 Å². The Morgan fingerprint density at radius 1 is 1.00 bits per heavy atom. The highest BCUT2D eigenvalue weighted by Crippen LogP contribution is 2.38. The minimum absolute atomic E-state index is 0.226. The van der Waals surface area contributed by atoms with Crippen LogP contribution in [0, 0.1) is 6.92 Å². The lowest BCUT2D eigenvalue weighted by Gasteiger charge is -2.44. The summed E-state index contributed by atoms with van der Waals surface area (Å²) in [6, 6.07) is 20.6. The molecule has 0 radical (unpaired) electrons. The summed E-state index contributed by atoms with van der Waals surface area (Å²) in [6.07, 6.45) is 0.383. The zero-order valence-corrected chi connectivity index (χ0v) is 19.3. The van der Waals surface area contributed by atoms with Crippen molar-refractivity contribution in [3.63, 3.8) is 0 Å². The van der Waals surface area contributed by atoms with E-state index in [0.717, 1.165) is 16.7 Å². The molecule has 3 aromatic carbocycles. The van der Waals surface area contributed by atoms with Crippen LogP contribution in [0.2, 0.25) is 0 Å². The van der Waals surface area contributed by atoms with Crippen molar-refractivity contribution >= 4 is 17.5 Å². The first-order chi connectivity index (χ1) is 15.9. The largest absolute Gasteiger partial charge is 0.497 e. The van der Waals surface area contributed by atoms with Crippen LogP contribution in [0.15, 0.2) is 66.7 Å². The van der Waals surface area contributed by atoms with Crippen LogP contribution < -0.4 is 19.7 Å². The van der Waals surface area contributed by atoms with Gasteiger partial charge in [-0.1, -0.05) is 42.5 Å². The molecule has 0 fully saturated rings. The number of hydrogen-bond acceptors (Lipinski definition) is 4. The van der Waals surface area contributed by atoms with E-state index in [9.17, 15) is 9.59 Å². The van der Waals surface area contributed by atoms with Crippen molar-refractivity contribution in [3.8, 4) is 11.5 Å². The van der Waals surface area contributed by atoms with Crippen molar-refractivity contribution in [1.29, 1.82) is 0 Å². The number of anilines is 1.